The molecule has 162 valence electrons. The van der Waals surface area contributed by atoms with E-state index < -0.39 is 0 Å². The molecular weight excluding hydrogens is 465 g/mol. The summed E-state index contributed by atoms with van der Waals surface area (Å²) in [5.41, 5.74) is 3.41. The van der Waals surface area contributed by atoms with Crippen LogP contribution in [0.3, 0.4) is 0 Å². The van der Waals surface area contributed by atoms with Crippen molar-refractivity contribution in [3.8, 4) is 29.3 Å². The maximum Gasteiger partial charge on any atom is 0.0449 e. The minimum atomic E-state index is 0.853. The number of hydrogen-bond acceptors (Lipinski definition) is 4. The molecule has 0 unspecified atom stereocenters. The Morgan fingerprint density at radius 3 is 1.12 bits per heavy atom. The zero-order valence-electron chi connectivity index (χ0n) is 18.1. The summed E-state index contributed by atoms with van der Waals surface area (Å²) >= 11 is 8.19. The molecule has 0 nitrogen and oxygen atoms in total. The first-order chi connectivity index (χ1) is 15.8. The van der Waals surface area contributed by atoms with Crippen LogP contribution in [0, 0.1) is 0 Å². The number of rotatable bonds is 3. The van der Waals surface area contributed by atoms with Crippen LogP contribution >= 0.6 is 45.3 Å². The molecule has 0 saturated heterocycles. The smallest absolute Gasteiger partial charge is 0.0449 e. The van der Waals surface area contributed by atoms with Gasteiger partial charge in [-0.15, -0.1) is 45.3 Å². The van der Waals surface area contributed by atoms with Gasteiger partial charge in [-0.2, -0.15) is 0 Å². The van der Waals surface area contributed by atoms with Crippen molar-refractivity contribution in [1.82, 2.24) is 0 Å². The largest absolute Gasteiger partial charge is 0.139 e. The molecule has 4 bridgehead atoms. The maximum absolute atomic E-state index is 2.55. The van der Waals surface area contributed by atoms with Crippen molar-refractivity contribution in [1.29, 1.82) is 0 Å². The highest BCUT2D eigenvalue weighted by Gasteiger charge is 2.36. The molecule has 0 radical (unpaired) electrons. The molecule has 4 heteroatoms. The van der Waals surface area contributed by atoms with E-state index in [1.807, 2.05) is 22.7 Å². The third-order valence-corrected chi connectivity index (χ3v) is 14.0. The Kier molecular flexibility index (Phi) is 4.28. The average molecular weight is 491 g/mol. The van der Waals surface area contributed by atoms with Gasteiger partial charge in [-0.05, 0) is 123 Å². The highest BCUT2D eigenvalue weighted by atomic mass is 32.1. The Hall–Kier alpha value is -1.20. The topological polar surface area (TPSA) is 0 Å². The zero-order chi connectivity index (χ0) is 20.8. The van der Waals surface area contributed by atoms with Crippen LogP contribution in [0.15, 0.2) is 36.4 Å². The molecule has 4 heterocycles. The molecule has 0 aromatic carbocycles. The van der Waals surface area contributed by atoms with Crippen molar-refractivity contribution in [3.05, 3.63) is 57.3 Å². The lowest BCUT2D eigenvalue weighted by Crippen LogP contribution is -2.19. The van der Waals surface area contributed by atoms with Gasteiger partial charge in [-0.1, -0.05) is 0 Å². The number of hydrogen-bond donors (Lipinski definition) is 0. The predicted molar refractivity (Wildman–Crippen MR) is 142 cm³/mol. The second-order valence-corrected chi connectivity index (χ2v) is 14.6. The van der Waals surface area contributed by atoms with Gasteiger partial charge in [-0.3, -0.25) is 0 Å². The molecule has 6 aliphatic carbocycles. The maximum atomic E-state index is 2.55. The fraction of sp³-hybridized carbons (Fsp3) is 0.429. The first kappa shape index (κ1) is 19.1. The van der Waals surface area contributed by atoms with Crippen LogP contribution in [0.25, 0.3) is 29.3 Å². The molecule has 0 spiro atoms. The van der Waals surface area contributed by atoms with E-state index in [0.29, 0.717) is 0 Å². The standard InChI is InChI=1S/C28H26S4/c1-5-17-6-2-15(1)19-13-25(31-27(17)19)23-11-9-21(29-23)22-10-12-24(30-22)26-14-20-16-3-7-18(8-4-16)28(20)32-26/h9-18H,1-8H2. The minimum absolute atomic E-state index is 0.853. The number of thiophene rings is 4. The lowest BCUT2D eigenvalue weighted by atomic mass is 9.71. The Morgan fingerprint density at radius 2 is 0.750 bits per heavy atom. The van der Waals surface area contributed by atoms with Crippen LogP contribution in [-0.2, 0) is 0 Å². The lowest BCUT2D eigenvalue weighted by molar-refractivity contribution is 0.365. The summed E-state index contributed by atoms with van der Waals surface area (Å²) < 4.78 is 0. The summed E-state index contributed by atoms with van der Waals surface area (Å²) in [7, 11) is 0. The Morgan fingerprint density at radius 1 is 0.406 bits per heavy atom. The molecular formula is C28H26S4. The van der Waals surface area contributed by atoms with Gasteiger partial charge in [0.05, 0.1) is 0 Å². The molecule has 32 heavy (non-hydrogen) atoms. The van der Waals surface area contributed by atoms with Crippen molar-refractivity contribution in [2.45, 2.75) is 75.0 Å². The van der Waals surface area contributed by atoms with Gasteiger partial charge >= 0.3 is 0 Å². The van der Waals surface area contributed by atoms with E-state index in [2.05, 4.69) is 59.1 Å². The van der Waals surface area contributed by atoms with Crippen molar-refractivity contribution >= 4 is 45.3 Å². The first-order valence-electron chi connectivity index (χ1n) is 12.3. The summed E-state index contributed by atoms with van der Waals surface area (Å²) in [4.78, 5) is 12.3. The molecule has 6 aliphatic rings. The fourth-order valence-corrected chi connectivity index (χ4v) is 12.0. The van der Waals surface area contributed by atoms with Gasteiger partial charge in [0.2, 0.25) is 0 Å². The molecule has 4 aromatic rings. The van der Waals surface area contributed by atoms with Gasteiger partial charge in [0, 0.05) is 39.0 Å². The van der Waals surface area contributed by atoms with E-state index in [-0.39, 0.29) is 0 Å². The Balaban J connectivity index is 1.10. The highest BCUT2D eigenvalue weighted by molar-refractivity contribution is 7.28. The summed E-state index contributed by atoms with van der Waals surface area (Å²) in [6, 6.07) is 14.6. The molecule has 2 saturated carbocycles. The zero-order valence-corrected chi connectivity index (χ0v) is 21.3. The van der Waals surface area contributed by atoms with Gasteiger partial charge in [0.25, 0.3) is 0 Å². The molecule has 0 atom stereocenters. The molecule has 2 fully saturated rings. The first-order valence-corrected chi connectivity index (χ1v) is 15.5. The quantitative estimate of drug-likeness (QED) is 0.268. The molecule has 0 aliphatic heterocycles. The summed E-state index contributed by atoms with van der Waals surface area (Å²) in [6.07, 6.45) is 11.4. The third-order valence-electron chi connectivity index (χ3n) is 8.60. The van der Waals surface area contributed by atoms with E-state index in [1.165, 1.54) is 80.6 Å². The van der Waals surface area contributed by atoms with E-state index in [4.69, 9.17) is 0 Å². The lowest BCUT2D eigenvalue weighted by Gasteiger charge is -2.35. The highest BCUT2D eigenvalue weighted by Crippen LogP contribution is 2.56. The molecule has 10 rings (SSSR count). The summed E-state index contributed by atoms with van der Waals surface area (Å²) in [5.74, 6) is 3.43. The second kappa shape index (κ2) is 7.15. The predicted octanol–water partition coefficient (Wildman–Crippen LogP) is 10.4. The second-order valence-electron chi connectivity index (χ2n) is 10.3. The Labute approximate surface area is 206 Å². The monoisotopic (exact) mass is 490 g/mol. The minimum Gasteiger partial charge on any atom is -0.139 e. The van der Waals surface area contributed by atoms with Crippen LogP contribution in [0.1, 0.15) is 95.9 Å². The van der Waals surface area contributed by atoms with Gasteiger partial charge < -0.3 is 0 Å². The normalized spacial score (nSPS) is 27.6. The van der Waals surface area contributed by atoms with Crippen LogP contribution in [-0.4, -0.2) is 0 Å². The van der Waals surface area contributed by atoms with Crippen molar-refractivity contribution in [2.75, 3.05) is 0 Å². The van der Waals surface area contributed by atoms with Crippen LogP contribution in [0.5, 0.6) is 0 Å². The number of fused-ring (bicyclic) bond motifs is 4. The van der Waals surface area contributed by atoms with Crippen molar-refractivity contribution in [3.63, 3.8) is 0 Å². The van der Waals surface area contributed by atoms with Crippen LogP contribution in [0.2, 0.25) is 0 Å². The molecule has 0 N–H and O–H groups in total. The third kappa shape index (κ3) is 2.82. The van der Waals surface area contributed by atoms with E-state index in [9.17, 15) is 0 Å². The average Bonchev–Trinajstić information content (AvgIpc) is 3.64. The van der Waals surface area contributed by atoms with Gasteiger partial charge in [-0.25, -0.2) is 0 Å². The molecule has 0 amide bonds. The van der Waals surface area contributed by atoms with Gasteiger partial charge in [0.15, 0.2) is 0 Å². The van der Waals surface area contributed by atoms with Crippen LogP contribution in [0.4, 0.5) is 0 Å². The molecule has 4 aromatic heterocycles. The van der Waals surface area contributed by atoms with E-state index >= 15 is 0 Å². The van der Waals surface area contributed by atoms with Gasteiger partial charge in [0.1, 0.15) is 0 Å². The van der Waals surface area contributed by atoms with E-state index in [1.54, 1.807) is 20.9 Å². The van der Waals surface area contributed by atoms with Crippen molar-refractivity contribution < 1.29 is 0 Å². The summed E-state index contributed by atoms with van der Waals surface area (Å²) in [6.45, 7) is 0. The van der Waals surface area contributed by atoms with E-state index in [0.717, 1.165) is 23.7 Å². The van der Waals surface area contributed by atoms with Crippen LogP contribution < -0.4 is 0 Å². The fourth-order valence-electron chi connectivity index (χ4n) is 6.90. The Bertz CT molecular complexity index is 1150. The van der Waals surface area contributed by atoms with Crippen molar-refractivity contribution in [2.24, 2.45) is 0 Å². The SMILES string of the molecule is c1cc(-c2cc3c(s2)C2CCC3CC2)sc1-c1ccc(-c2cc3c(s2)C2CCC3CC2)s1. The summed E-state index contributed by atoms with van der Waals surface area (Å²) in [5, 5.41) is 0.